The van der Waals surface area contributed by atoms with E-state index in [0.717, 1.165) is 6.42 Å². The fraction of sp³-hybridized carbons (Fsp3) is 0.538. The molecular formula is C13H22N2O3S. The van der Waals surface area contributed by atoms with Gasteiger partial charge in [0.25, 0.3) is 0 Å². The Morgan fingerprint density at radius 2 is 2.05 bits per heavy atom. The molecule has 108 valence electrons. The summed E-state index contributed by atoms with van der Waals surface area (Å²) >= 11 is 0. The Morgan fingerprint density at radius 1 is 1.37 bits per heavy atom. The average molecular weight is 286 g/mol. The summed E-state index contributed by atoms with van der Waals surface area (Å²) in [6.07, 6.45) is 1.43. The van der Waals surface area contributed by atoms with Crippen LogP contribution in [0.15, 0.2) is 24.3 Å². The number of hydrogen-bond acceptors (Lipinski definition) is 4. The molecule has 0 saturated carbocycles. The minimum absolute atomic E-state index is 0.0753. The van der Waals surface area contributed by atoms with Crippen LogP contribution >= 0.6 is 0 Å². The van der Waals surface area contributed by atoms with Crippen LogP contribution in [0.1, 0.15) is 25.3 Å². The Balaban J connectivity index is 2.60. The summed E-state index contributed by atoms with van der Waals surface area (Å²) in [4.78, 5) is 0. The van der Waals surface area contributed by atoms with E-state index in [1.165, 1.54) is 0 Å². The normalized spacial score (nSPS) is 13.4. The van der Waals surface area contributed by atoms with Gasteiger partial charge >= 0.3 is 0 Å². The van der Waals surface area contributed by atoms with Gasteiger partial charge in [-0.15, -0.1) is 0 Å². The summed E-state index contributed by atoms with van der Waals surface area (Å²) in [5, 5.41) is 8.88. The number of para-hydroxylation sites is 1. The van der Waals surface area contributed by atoms with Crippen LogP contribution in [0.4, 0.5) is 5.69 Å². The second-order valence-corrected chi connectivity index (χ2v) is 6.40. The van der Waals surface area contributed by atoms with Crippen LogP contribution in [-0.2, 0) is 15.8 Å². The fourth-order valence-corrected chi connectivity index (χ4v) is 3.06. The first-order valence-corrected chi connectivity index (χ1v) is 8.05. The van der Waals surface area contributed by atoms with Gasteiger partial charge in [-0.2, -0.15) is 0 Å². The second kappa shape index (κ2) is 7.47. The molecule has 1 aromatic carbocycles. The van der Waals surface area contributed by atoms with Crippen LogP contribution in [-0.4, -0.2) is 26.7 Å². The molecule has 0 aliphatic carbocycles. The van der Waals surface area contributed by atoms with E-state index < -0.39 is 10.0 Å². The summed E-state index contributed by atoms with van der Waals surface area (Å²) in [5.41, 5.74) is 6.82. The quantitative estimate of drug-likeness (QED) is 0.624. The number of rotatable bonds is 8. The number of aliphatic hydroxyl groups excluding tert-OH is 1. The highest BCUT2D eigenvalue weighted by molar-refractivity contribution is 7.88. The van der Waals surface area contributed by atoms with Crippen molar-refractivity contribution in [3.63, 3.8) is 0 Å². The van der Waals surface area contributed by atoms with E-state index >= 15 is 0 Å². The number of nitrogens with one attached hydrogen (secondary N) is 1. The molecule has 1 rings (SSSR count). The van der Waals surface area contributed by atoms with Crippen molar-refractivity contribution < 1.29 is 13.5 Å². The van der Waals surface area contributed by atoms with Gasteiger partial charge in [-0.3, -0.25) is 0 Å². The Labute approximate surface area is 114 Å². The zero-order chi connectivity index (χ0) is 14.3. The number of benzene rings is 1. The highest BCUT2D eigenvalue weighted by Gasteiger charge is 2.15. The van der Waals surface area contributed by atoms with Gasteiger partial charge in [-0.25, -0.2) is 13.1 Å². The summed E-state index contributed by atoms with van der Waals surface area (Å²) in [6, 6.07) is 6.93. The standard InChI is InChI=1S/C13H22N2O3S/c1-2-11(7-8-16)9-15-19(17,18)10-12-5-3-4-6-13(12)14/h3-6,11,15-16H,2,7-10,14H2,1H3. The molecule has 0 aromatic heterocycles. The van der Waals surface area contributed by atoms with Crippen LogP contribution in [0.25, 0.3) is 0 Å². The van der Waals surface area contributed by atoms with Crippen LogP contribution in [0.3, 0.4) is 0 Å². The predicted octanol–water partition coefficient (Wildman–Crippen LogP) is 1.10. The third-order valence-electron chi connectivity index (χ3n) is 3.11. The first-order valence-electron chi connectivity index (χ1n) is 6.40. The van der Waals surface area contributed by atoms with E-state index in [1.54, 1.807) is 24.3 Å². The molecule has 0 spiro atoms. The first-order chi connectivity index (χ1) is 8.98. The highest BCUT2D eigenvalue weighted by Crippen LogP contribution is 2.14. The van der Waals surface area contributed by atoms with Crippen molar-refractivity contribution in [3.8, 4) is 0 Å². The summed E-state index contributed by atoms with van der Waals surface area (Å²) in [7, 11) is -3.39. The molecule has 6 heteroatoms. The van der Waals surface area contributed by atoms with Crippen LogP contribution < -0.4 is 10.5 Å². The molecule has 5 nitrogen and oxygen atoms in total. The Kier molecular flexibility index (Phi) is 6.27. The van der Waals surface area contributed by atoms with Crippen molar-refractivity contribution in [3.05, 3.63) is 29.8 Å². The largest absolute Gasteiger partial charge is 0.398 e. The molecule has 4 N–H and O–H groups in total. The molecule has 0 amide bonds. The number of nitrogen functional groups attached to an aromatic ring is 1. The van der Waals surface area contributed by atoms with E-state index in [1.807, 2.05) is 6.92 Å². The Morgan fingerprint density at radius 3 is 2.63 bits per heavy atom. The molecule has 0 heterocycles. The number of hydrogen-bond donors (Lipinski definition) is 3. The second-order valence-electron chi connectivity index (χ2n) is 4.59. The maximum absolute atomic E-state index is 11.9. The molecular weight excluding hydrogens is 264 g/mol. The van der Waals surface area contributed by atoms with E-state index in [2.05, 4.69) is 4.72 Å². The van der Waals surface area contributed by atoms with Gasteiger partial charge in [0.1, 0.15) is 0 Å². The molecule has 0 bridgehead atoms. The van der Waals surface area contributed by atoms with Crippen molar-refractivity contribution in [2.24, 2.45) is 5.92 Å². The van der Waals surface area contributed by atoms with Gasteiger partial charge in [0.05, 0.1) is 5.75 Å². The van der Waals surface area contributed by atoms with Gasteiger partial charge < -0.3 is 10.8 Å². The minimum Gasteiger partial charge on any atom is -0.398 e. The van der Waals surface area contributed by atoms with Crippen molar-refractivity contribution in [2.75, 3.05) is 18.9 Å². The Bertz CT molecular complexity index is 488. The van der Waals surface area contributed by atoms with E-state index in [-0.39, 0.29) is 18.3 Å². The van der Waals surface area contributed by atoms with Gasteiger partial charge in [0, 0.05) is 18.8 Å². The number of anilines is 1. The summed E-state index contributed by atoms with van der Waals surface area (Å²) in [6.45, 7) is 2.40. The zero-order valence-corrected chi connectivity index (χ0v) is 12.0. The lowest BCUT2D eigenvalue weighted by Gasteiger charge is -2.15. The lowest BCUT2D eigenvalue weighted by atomic mass is 10.0. The van der Waals surface area contributed by atoms with Gasteiger partial charge in [0.2, 0.25) is 10.0 Å². The average Bonchev–Trinajstić information content (AvgIpc) is 2.37. The summed E-state index contributed by atoms with van der Waals surface area (Å²) < 4.78 is 26.5. The monoisotopic (exact) mass is 286 g/mol. The Hall–Kier alpha value is -1.11. The third-order valence-corrected chi connectivity index (χ3v) is 4.40. The van der Waals surface area contributed by atoms with Crippen molar-refractivity contribution in [1.82, 2.24) is 4.72 Å². The molecule has 0 saturated heterocycles. The predicted molar refractivity (Wildman–Crippen MR) is 77.0 cm³/mol. The van der Waals surface area contributed by atoms with E-state index in [0.29, 0.717) is 24.2 Å². The minimum atomic E-state index is -3.39. The number of nitrogens with two attached hydrogens (primary N) is 1. The molecule has 0 aliphatic heterocycles. The molecule has 1 unspecified atom stereocenters. The summed E-state index contributed by atoms with van der Waals surface area (Å²) in [5.74, 6) is 0.0442. The third kappa shape index (κ3) is 5.59. The van der Waals surface area contributed by atoms with Crippen molar-refractivity contribution >= 4 is 15.7 Å². The molecule has 0 radical (unpaired) electrons. The molecule has 0 fully saturated rings. The van der Waals surface area contributed by atoms with Crippen LogP contribution in [0, 0.1) is 5.92 Å². The highest BCUT2D eigenvalue weighted by atomic mass is 32.2. The van der Waals surface area contributed by atoms with Crippen LogP contribution in [0.5, 0.6) is 0 Å². The topological polar surface area (TPSA) is 92.4 Å². The van der Waals surface area contributed by atoms with E-state index in [4.69, 9.17) is 10.8 Å². The van der Waals surface area contributed by atoms with Crippen LogP contribution in [0.2, 0.25) is 0 Å². The maximum atomic E-state index is 11.9. The molecule has 0 aliphatic rings. The molecule has 1 atom stereocenters. The zero-order valence-electron chi connectivity index (χ0n) is 11.2. The SMILES string of the molecule is CCC(CCO)CNS(=O)(=O)Cc1ccccc1N. The smallest absolute Gasteiger partial charge is 0.215 e. The van der Waals surface area contributed by atoms with Crippen molar-refractivity contribution in [2.45, 2.75) is 25.5 Å². The van der Waals surface area contributed by atoms with Gasteiger partial charge in [-0.1, -0.05) is 31.5 Å². The van der Waals surface area contributed by atoms with Gasteiger partial charge in [0.15, 0.2) is 0 Å². The molecule has 1 aromatic rings. The lowest BCUT2D eigenvalue weighted by molar-refractivity contribution is 0.254. The fourth-order valence-electron chi connectivity index (χ4n) is 1.80. The van der Waals surface area contributed by atoms with Gasteiger partial charge in [-0.05, 0) is 24.0 Å². The van der Waals surface area contributed by atoms with Crippen molar-refractivity contribution in [1.29, 1.82) is 0 Å². The maximum Gasteiger partial charge on any atom is 0.215 e. The van der Waals surface area contributed by atoms with E-state index in [9.17, 15) is 8.42 Å². The number of aliphatic hydroxyl groups is 1. The lowest BCUT2D eigenvalue weighted by Crippen LogP contribution is -2.30. The molecule has 19 heavy (non-hydrogen) atoms. The first kappa shape index (κ1) is 15.9. The number of sulfonamides is 1.